The molecule has 11 heteroatoms. The molecule has 10 nitrogen and oxygen atoms in total. The van der Waals surface area contributed by atoms with Crippen LogP contribution in [-0.4, -0.2) is 37.9 Å². The van der Waals surface area contributed by atoms with E-state index in [4.69, 9.17) is 4.84 Å². The molecular weight excluding hydrogens is 468 g/mol. The largest absolute Gasteiger partial charge is 0.353 e. The Morgan fingerprint density at radius 3 is 2.60 bits per heavy atom. The van der Waals surface area contributed by atoms with Crippen molar-refractivity contribution in [2.24, 2.45) is 0 Å². The first kappa shape index (κ1) is 24.4. The highest BCUT2D eigenvalue weighted by Gasteiger charge is 2.25. The lowest BCUT2D eigenvalue weighted by Crippen LogP contribution is -2.25. The number of pyridine rings is 2. The molecule has 0 spiro atoms. The van der Waals surface area contributed by atoms with Gasteiger partial charge in [-0.3, -0.25) is 13.9 Å². The van der Waals surface area contributed by atoms with Crippen LogP contribution in [0.15, 0.2) is 48.7 Å². The lowest BCUT2D eigenvalue weighted by Gasteiger charge is -2.20. The molecule has 0 radical (unpaired) electrons. The molecule has 0 unspecified atom stereocenters. The van der Waals surface area contributed by atoms with Gasteiger partial charge in [0, 0.05) is 25.0 Å². The number of rotatable bonds is 10. The van der Waals surface area contributed by atoms with Crippen LogP contribution in [0.5, 0.6) is 0 Å². The fourth-order valence-corrected chi connectivity index (χ4v) is 3.91. The fraction of sp³-hybridized carbons (Fsp3) is 0.292. The zero-order valence-electron chi connectivity index (χ0n) is 19.7. The van der Waals surface area contributed by atoms with Crippen molar-refractivity contribution in [1.82, 2.24) is 15.4 Å². The summed E-state index contributed by atoms with van der Waals surface area (Å²) in [5.74, 6) is 1.03. The number of hydrogen-bond donors (Lipinski definition) is 4. The summed E-state index contributed by atoms with van der Waals surface area (Å²) in [5, 5.41) is 6.37. The Morgan fingerprint density at radius 2 is 1.91 bits per heavy atom. The molecule has 4 rings (SSSR count). The number of carbonyl (C=O) groups excluding carboxylic acids is 1. The molecule has 3 N–H and O–H groups in total. The molecule has 1 fully saturated rings. The van der Waals surface area contributed by atoms with E-state index < -0.39 is 16.8 Å². The van der Waals surface area contributed by atoms with E-state index in [2.05, 4.69) is 26.1 Å². The number of aryl methyl sites for hydroxylation is 1. The van der Waals surface area contributed by atoms with E-state index in [0.717, 1.165) is 24.1 Å². The smallest absolute Gasteiger partial charge is 0.278 e. The van der Waals surface area contributed by atoms with Crippen LogP contribution in [0.1, 0.15) is 47.3 Å². The van der Waals surface area contributed by atoms with Crippen LogP contribution in [0.4, 0.5) is 28.7 Å². The number of hydrogen-bond acceptors (Lipinski definition) is 8. The summed E-state index contributed by atoms with van der Waals surface area (Å²) in [7, 11) is -1.36. The van der Waals surface area contributed by atoms with E-state index in [0.29, 0.717) is 41.2 Å². The van der Waals surface area contributed by atoms with Gasteiger partial charge in [0.2, 0.25) is 10.9 Å². The highest BCUT2D eigenvalue weighted by molar-refractivity contribution is 7.74. The number of hydroxylamine groups is 1. The Balaban J connectivity index is 1.72. The van der Waals surface area contributed by atoms with Crippen molar-refractivity contribution in [2.75, 3.05) is 28.6 Å². The van der Waals surface area contributed by atoms with Crippen LogP contribution in [0.3, 0.4) is 0 Å². The van der Waals surface area contributed by atoms with Gasteiger partial charge in [0.25, 0.3) is 5.91 Å². The lowest BCUT2D eigenvalue weighted by molar-refractivity contribution is 0.0365. The summed E-state index contributed by atoms with van der Waals surface area (Å²) in [5.41, 5.74) is 5.99. The van der Waals surface area contributed by atoms with Crippen LogP contribution < -0.4 is 20.4 Å². The summed E-state index contributed by atoms with van der Waals surface area (Å²) in [6.07, 6.45) is 3.60. The molecule has 2 aromatic heterocycles. The second kappa shape index (κ2) is 10.7. The molecule has 1 saturated carbocycles. The highest BCUT2D eigenvalue weighted by atomic mass is 32.2. The SMILES string of the molecule is CCONC(=O)c1cnc(Nc2cccc(C)n2)cc1Nc1ccc(C2CC2)cc1N(C)[SH](=O)=O. The first-order valence-electron chi connectivity index (χ1n) is 11.3. The van der Waals surface area contributed by atoms with Gasteiger partial charge in [0.1, 0.15) is 11.6 Å². The van der Waals surface area contributed by atoms with E-state index in [-0.39, 0.29) is 5.56 Å². The molecule has 35 heavy (non-hydrogen) atoms. The predicted octanol–water partition coefficient (Wildman–Crippen LogP) is 3.79. The average molecular weight is 497 g/mol. The predicted molar refractivity (Wildman–Crippen MR) is 136 cm³/mol. The van der Waals surface area contributed by atoms with Gasteiger partial charge in [-0.05, 0) is 62.4 Å². The summed E-state index contributed by atoms with van der Waals surface area (Å²) in [6.45, 7) is 3.94. The first-order valence-corrected chi connectivity index (χ1v) is 12.4. The summed E-state index contributed by atoms with van der Waals surface area (Å²) >= 11 is 0. The Morgan fingerprint density at radius 1 is 1.11 bits per heavy atom. The molecule has 1 amide bonds. The molecule has 0 saturated heterocycles. The number of nitrogens with zero attached hydrogens (tertiary/aromatic N) is 3. The Bertz CT molecular complexity index is 1300. The standard InChI is InChI=1S/C24H28N6O4S/c1-4-34-29-24(31)18-14-25-23(28-22-7-5-6-15(2)26-22)13-20(18)27-19-11-10-17(16-8-9-16)12-21(19)30(3)35(32)33/h5-7,10-14,16,35H,4,8-9H2,1-3H3,(H,29,31)(H2,25,26,27,28). The molecule has 0 bridgehead atoms. The maximum atomic E-state index is 12.8. The van der Waals surface area contributed by atoms with Crippen molar-refractivity contribution in [3.8, 4) is 0 Å². The monoisotopic (exact) mass is 496 g/mol. The minimum Gasteiger partial charge on any atom is -0.353 e. The molecule has 184 valence electrons. The van der Waals surface area contributed by atoms with Crippen LogP contribution in [0.2, 0.25) is 0 Å². The van der Waals surface area contributed by atoms with Crippen molar-refractivity contribution < 1.29 is 18.0 Å². The molecule has 0 atom stereocenters. The normalized spacial score (nSPS) is 12.9. The third-order valence-corrected chi connectivity index (χ3v) is 6.24. The quantitative estimate of drug-likeness (QED) is 0.247. The van der Waals surface area contributed by atoms with E-state index in [1.54, 1.807) is 13.0 Å². The number of nitrogens with one attached hydrogen (secondary N) is 3. The van der Waals surface area contributed by atoms with Crippen LogP contribution in [0, 0.1) is 6.92 Å². The minimum atomic E-state index is -2.85. The number of amides is 1. The summed E-state index contributed by atoms with van der Waals surface area (Å²) in [4.78, 5) is 26.6. The zero-order valence-corrected chi connectivity index (χ0v) is 20.6. The van der Waals surface area contributed by atoms with Gasteiger partial charge in [-0.25, -0.2) is 23.9 Å². The van der Waals surface area contributed by atoms with Crippen LogP contribution in [-0.2, 0) is 15.7 Å². The van der Waals surface area contributed by atoms with E-state index in [9.17, 15) is 13.2 Å². The maximum Gasteiger partial charge on any atom is 0.278 e. The van der Waals surface area contributed by atoms with Crippen molar-refractivity contribution >= 4 is 45.5 Å². The fourth-order valence-electron chi connectivity index (χ4n) is 3.57. The van der Waals surface area contributed by atoms with Gasteiger partial charge in [0.15, 0.2) is 0 Å². The average Bonchev–Trinajstić information content (AvgIpc) is 3.68. The zero-order chi connectivity index (χ0) is 24.9. The first-order chi connectivity index (χ1) is 16.9. The number of carbonyl (C=O) groups is 1. The minimum absolute atomic E-state index is 0.229. The van der Waals surface area contributed by atoms with Gasteiger partial charge in [0.05, 0.1) is 29.2 Å². The third kappa shape index (κ3) is 6.06. The van der Waals surface area contributed by atoms with Crippen LogP contribution >= 0.6 is 0 Å². The topological polar surface area (TPSA) is 126 Å². The Hall–Kier alpha value is -3.70. The van der Waals surface area contributed by atoms with Gasteiger partial charge in [-0.1, -0.05) is 12.1 Å². The Kier molecular flexibility index (Phi) is 7.47. The summed E-state index contributed by atoms with van der Waals surface area (Å²) < 4.78 is 24.8. The van der Waals surface area contributed by atoms with Crippen molar-refractivity contribution in [2.45, 2.75) is 32.6 Å². The number of anilines is 5. The highest BCUT2D eigenvalue weighted by Crippen LogP contribution is 2.43. The van der Waals surface area contributed by atoms with Gasteiger partial charge >= 0.3 is 0 Å². The number of thiol groups is 1. The number of aromatic nitrogens is 2. The van der Waals surface area contributed by atoms with Gasteiger partial charge < -0.3 is 10.6 Å². The number of benzene rings is 1. The molecule has 1 aliphatic carbocycles. The Labute approximate surface area is 205 Å². The molecule has 2 heterocycles. The third-order valence-electron chi connectivity index (χ3n) is 5.54. The van der Waals surface area contributed by atoms with Crippen molar-refractivity contribution in [1.29, 1.82) is 0 Å². The van der Waals surface area contributed by atoms with Crippen LogP contribution in [0.25, 0.3) is 0 Å². The van der Waals surface area contributed by atoms with E-state index in [1.165, 1.54) is 17.5 Å². The van der Waals surface area contributed by atoms with E-state index in [1.807, 2.05) is 43.3 Å². The molecular formula is C24H28N6O4S. The maximum absolute atomic E-state index is 12.8. The molecule has 0 aliphatic heterocycles. The van der Waals surface area contributed by atoms with Crippen molar-refractivity contribution in [3.05, 3.63) is 65.5 Å². The molecule has 3 aromatic rings. The van der Waals surface area contributed by atoms with E-state index >= 15 is 0 Å². The van der Waals surface area contributed by atoms with Gasteiger partial charge in [-0.15, -0.1) is 0 Å². The molecule has 1 aromatic carbocycles. The van der Waals surface area contributed by atoms with Crippen molar-refractivity contribution in [3.63, 3.8) is 0 Å². The summed E-state index contributed by atoms with van der Waals surface area (Å²) in [6, 6.07) is 12.9. The molecule has 1 aliphatic rings. The second-order valence-corrected chi connectivity index (χ2v) is 9.28. The van der Waals surface area contributed by atoms with Gasteiger partial charge in [-0.2, -0.15) is 0 Å². The second-order valence-electron chi connectivity index (χ2n) is 8.21. The lowest BCUT2D eigenvalue weighted by atomic mass is 10.1.